The second kappa shape index (κ2) is 5.59. The summed E-state index contributed by atoms with van der Waals surface area (Å²) in [4.78, 5) is 12.5. The van der Waals surface area contributed by atoms with Crippen molar-refractivity contribution in [1.29, 1.82) is 0 Å². The molecule has 0 unspecified atom stereocenters. The van der Waals surface area contributed by atoms with Crippen molar-refractivity contribution in [3.8, 4) is 0 Å². The molecule has 0 radical (unpaired) electrons. The van der Waals surface area contributed by atoms with Crippen LogP contribution in [0, 0.1) is 0 Å². The Bertz CT molecular complexity index is 628. The summed E-state index contributed by atoms with van der Waals surface area (Å²) in [7, 11) is 0. The molecule has 2 heteroatoms. The normalized spacial score (nSPS) is 13.2. The van der Waals surface area contributed by atoms with E-state index in [1.807, 2.05) is 24.3 Å². The predicted octanol–water partition coefficient (Wildman–Crippen LogP) is 3.47. The van der Waals surface area contributed by atoms with E-state index in [2.05, 4.69) is 30.4 Å². The number of ketones is 1. The van der Waals surface area contributed by atoms with E-state index in [0.29, 0.717) is 0 Å². The molecule has 0 bridgehead atoms. The summed E-state index contributed by atoms with van der Waals surface area (Å²) in [6.07, 6.45) is 2.20. The monoisotopic (exact) mass is 265 g/mol. The molecule has 1 aliphatic rings. The van der Waals surface area contributed by atoms with Crippen LogP contribution in [0.3, 0.4) is 0 Å². The average molecular weight is 265 g/mol. The molecule has 20 heavy (non-hydrogen) atoms. The zero-order chi connectivity index (χ0) is 13.9. The van der Waals surface area contributed by atoms with Gasteiger partial charge in [0.05, 0.1) is 0 Å². The lowest BCUT2D eigenvalue weighted by atomic mass is 9.98. The van der Waals surface area contributed by atoms with Crippen LogP contribution in [0.4, 0.5) is 0 Å². The Kier molecular flexibility index (Phi) is 3.66. The van der Waals surface area contributed by atoms with Crippen molar-refractivity contribution in [3.05, 3.63) is 70.3 Å². The third-order valence-corrected chi connectivity index (χ3v) is 3.85. The Labute approximate surface area is 119 Å². The summed E-state index contributed by atoms with van der Waals surface area (Å²) < 4.78 is 0. The second-order valence-corrected chi connectivity index (χ2v) is 5.36. The van der Waals surface area contributed by atoms with E-state index in [-0.39, 0.29) is 5.78 Å². The fourth-order valence-corrected chi connectivity index (χ4v) is 2.71. The Balaban J connectivity index is 1.84. The van der Waals surface area contributed by atoms with E-state index in [0.717, 1.165) is 37.1 Å². The van der Waals surface area contributed by atoms with Gasteiger partial charge in [0.15, 0.2) is 5.78 Å². The van der Waals surface area contributed by atoms with Gasteiger partial charge in [0.25, 0.3) is 0 Å². The van der Waals surface area contributed by atoms with Crippen molar-refractivity contribution in [2.75, 3.05) is 0 Å². The summed E-state index contributed by atoms with van der Waals surface area (Å²) in [6.45, 7) is 3.94. The first-order chi connectivity index (χ1) is 9.78. The largest absolute Gasteiger partial charge is 0.309 e. The van der Waals surface area contributed by atoms with Gasteiger partial charge in [-0.15, -0.1) is 0 Å². The van der Waals surface area contributed by atoms with Crippen LogP contribution >= 0.6 is 0 Å². The Morgan fingerprint density at radius 1 is 1.00 bits per heavy atom. The van der Waals surface area contributed by atoms with Crippen molar-refractivity contribution in [2.45, 2.75) is 32.9 Å². The predicted molar refractivity (Wildman–Crippen MR) is 80.9 cm³/mol. The number of hydrogen-bond acceptors (Lipinski definition) is 2. The molecule has 2 aromatic rings. The third kappa shape index (κ3) is 2.52. The van der Waals surface area contributed by atoms with Crippen molar-refractivity contribution in [2.24, 2.45) is 0 Å². The van der Waals surface area contributed by atoms with Crippen LogP contribution in [0.1, 0.15) is 46.0 Å². The molecule has 0 fully saturated rings. The van der Waals surface area contributed by atoms with Crippen molar-refractivity contribution in [3.63, 3.8) is 0 Å². The number of hydrogen-bond donors (Lipinski definition) is 1. The zero-order valence-corrected chi connectivity index (χ0v) is 11.8. The van der Waals surface area contributed by atoms with Crippen LogP contribution in [0.2, 0.25) is 0 Å². The highest BCUT2D eigenvalue weighted by Gasteiger charge is 2.14. The number of fused-ring (bicyclic) bond motifs is 1. The molecule has 0 spiro atoms. The summed E-state index contributed by atoms with van der Waals surface area (Å²) in [6, 6.07) is 14.0. The molecule has 0 saturated carbocycles. The van der Waals surface area contributed by atoms with Gasteiger partial charge in [-0.25, -0.2) is 0 Å². The van der Waals surface area contributed by atoms with Crippen molar-refractivity contribution in [1.82, 2.24) is 5.32 Å². The first kappa shape index (κ1) is 13.1. The zero-order valence-electron chi connectivity index (χ0n) is 11.8. The van der Waals surface area contributed by atoms with Gasteiger partial charge in [-0.2, -0.15) is 0 Å². The number of nitrogens with one attached hydrogen (secondary N) is 1. The minimum atomic E-state index is 0.114. The molecule has 1 heterocycles. The minimum absolute atomic E-state index is 0.114. The molecule has 0 amide bonds. The molecule has 2 aromatic carbocycles. The molecule has 0 atom stereocenters. The lowest BCUT2D eigenvalue weighted by Crippen LogP contribution is -2.02. The molecule has 102 valence electrons. The number of benzene rings is 2. The molecule has 3 rings (SSSR count). The highest BCUT2D eigenvalue weighted by Crippen LogP contribution is 2.19. The smallest absolute Gasteiger partial charge is 0.193 e. The highest BCUT2D eigenvalue weighted by atomic mass is 16.1. The fourth-order valence-electron chi connectivity index (χ4n) is 2.71. The summed E-state index contributed by atoms with van der Waals surface area (Å²) in [5, 5.41) is 3.30. The number of carbonyl (C=O) groups is 1. The molecule has 2 nitrogen and oxygen atoms in total. The van der Waals surface area contributed by atoms with Crippen LogP contribution in [-0.2, 0) is 19.5 Å². The Morgan fingerprint density at radius 3 is 2.45 bits per heavy atom. The minimum Gasteiger partial charge on any atom is -0.309 e. The average Bonchev–Trinajstić information content (AvgIpc) is 2.95. The Morgan fingerprint density at radius 2 is 1.70 bits per heavy atom. The van der Waals surface area contributed by atoms with Crippen molar-refractivity contribution < 1.29 is 4.79 Å². The maximum absolute atomic E-state index is 12.5. The van der Waals surface area contributed by atoms with Gasteiger partial charge >= 0.3 is 0 Å². The first-order valence-corrected chi connectivity index (χ1v) is 7.24. The molecule has 0 aromatic heterocycles. The van der Waals surface area contributed by atoms with Crippen LogP contribution in [0.5, 0.6) is 0 Å². The van der Waals surface area contributed by atoms with E-state index in [1.165, 1.54) is 16.7 Å². The van der Waals surface area contributed by atoms with Crippen molar-refractivity contribution >= 4 is 5.78 Å². The molecule has 0 saturated heterocycles. The van der Waals surface area contributed by atoms with Crippen LogP contribution in [0.15, 0.2) is 42.5 Å². The van der Waals surface area contributed by atoms with Gasteiger partial charge in [-0.05, 0) is 29.2 Å². The standard InChI is InChI=1S/C18H19NO/c1-2-3-13-4-6-14(7-5-13)18(20)15-8-9-16-11-19-12-17(16)10-15/h4-10,19H,2-3,11-12H2,1H3. The second-order valence-electron chi connectivity index (χ2n) is 5.36. The highest BCUT2D eigenvalue weighted by molar-refractivity contribution is 6.09. The summed E-state index contributed by atoms with van der Waals surface area (Å²) in [5.41, 5.74) is 5.41. The summed E-state index contributed by atoms with van der Waals surface area (Å²) in [5.74, 6) is 0.114. The molecule has 1 aliphatic heterocycles. The van der Waals surface area contributed by atoms with E-state index in [9.17, 15) is 4.79 Å². The van der Waals surface area contributed by atoms with E-state index in [4.69, 9.17) is 0 Å². The SMILES string of the molecule is CCCc1ccc(C(=O)c2ccc3c(c2)CNC3)cc1. The summed E-state index contributed by atoms with van der Waals surface area (Å²) >= 11 is 0. The number of carbonyl (C=O) groups excluding carboxylic acids is 1. The Hall–Kier alpha value is -1.93. The molecular formula is C18H19NO. The van der Waals surface area contributed by atoms with Crippen LogP contribution < -0.4 is 5.32 Å². The third-order valence-electron chi connectivity index (χ3n) is 3.85. The maximum Gasteiger partial charge on any atom is 0.193 e. The lowest BCUT2D eigenvalue weighted by molar-refractivity contribution is 0.103. The van der Waals surface area contributed by atoms with Gasteiger partial charge in [-0.1, -0.05) is 49.7 Å². The van der Waals surface area contributed by atoms with E-state index < -0.39 is 0 Å². The quantitative estimate of drug-likeness (QED) is 0.858. The van der Waals surface area contributed by atoms with Gasteiger partial charge < -0.3 is 5.32 Å². The topological polar surface area (TPSA) is 29.1 Å². The maximum atomic E-state index is 12.5. The first-order valence-electron chi connectivity index (χ1n) is 7.24. The van der Waals surface area contributed by atoms with Gasteiger partial charge in [0.2, 0.25) is 0 Å². The van der Waals surface area contributed by atoms with Gasteiger partial charge in [0.1, 0.15) is 0 Å². The number of rotatable bonds is 4. The van der Waals surface area contributed by atoms with Gasteiger partial charge in [0, 0.05) is 24.2 Å². The van der Waals surface area contributed by atoms with Gasteiger partial charge in [-0.3, -0.25) is 4.79 Å². The van der Waals surface area contributed by atoms with E-state index >= 15 is 0 Å². The molecule has 0 aliphatic carbocycles. The van der Waals surface area contributed by atoms with Crippen LogP contribution in [-0.4, -0.2) is 5.78 Å². The van der Waals surface area contributed by atoms with Crippen LogP contribution in [0.25, 0.3) is 0 Å². The van der Waals surface area contributed by atoms with E-state index in [1.54, 1.807) is 0 Å². The molecule has 1 N–H and O–H groups in total. The fraction of sp³-hybridized carbons (Fsp3) is 0.278. The number of aryl methyl sites for hydroxylation is 1. The molecular weight excluding hydrogens is 246 g/mol. The lowest BCUT2D eigenvalue weighted by Gasteiger charge is -2.05.